The SMILES string of the molecule is CCCC(Nc1cc(C(F)(F)F)ccc1Br)C(=O)O. The summed E-state index contributed by atoms with van der Waals surface area (Å²) in [5.41, 5.74) is -0.700. The molecule has 1 unspecified atom stereocenters. The second-order valence-electron chi connectivity index (χ2n) is 4.02. The second-order valence-corrected chi connectivity index (χ2v) is 4.87. The summed E-state index contributed by atoms with van der Waals surface area (Å²) >= 11 is 3.10. The van der Waals surface area contributed by atoms with Crippen LogP contribution in [0.4, 0.5) is 18.9 Å². The summed E-state index contributed by atoms with van der Waals surface area (Å²) in [5, 5.41) is 11.6. The minimum Gasteiger partial charge on any atom is -0.480 e. The summed E-state index contributed by atoms with van der Waals surface area (Å²) in [6.45, 7) is 1.80. The second kappa shape index (κ2) is 6.27. The summed E-state index contributed by atoms with van der Waals surface area (Å²) < 4.78 is 38.1. The van der Waals surface area contributed by atoms with E-state index in [4.69, 9.17) is 5.11 Å². The summed E-state index contributed by atoms with van der Waals surface area (Å²) in [7, 11) is 0. The highest BCUT2D eigenvalue weighted by molar-refractivity contribution is 9.10. The van der Waals surface area contributed by atoms with Gasteiger partial charge in [-0.25, -0.2) is 4.79 Å². The normalized spacial score (nSPS) is 13.1. The molecule has 0 aliphatic carbocycles. The number of halogens is 4. The highest BCUT2D eigenvalue weighted by Gasteiger charge is 2.31. The van der Waals surface area contributed by atoms with Crippen molar-refractivity contribution >= 4 is 27.6 Å². The van der Waals surface area contributed by atoms with E-state index in [2.05, 4.69) is 21.2 Å². The highest BCUT2D eigenvalue weighted by atomic mass is 79.9. The van der Waals surface area contributed by atoms with Crippen molar-refractivity contribution in [1.82, 2.24) is 0 Å². The van der Waals surface area contributed by atoms with E-state index in [1.165, 1.54) is 6.07 Å². The van der Waals surface area contributed by atoms with Gasteiger partial charge in [-0.05, 0) is 40.5 Å². The maximum absolute atomic E-state index is 12.6. The molecule has 2 N–H and O–H groups in total. The van der Waals surface area contributed by atoms with E-state index in [0.29, 0.717) is 17.3 Å². The van der Waals surface area contributed by atoms with Crippen LogP contribution in [0.3, 0.4) is 0 Å². The summed E-state index contributed by atoms with van der Waals surface area (Å²) in [6.07, 6.45) is -3.51. The molecule has 0 fully saturated rings. The van der Waals surface area contributed by atoms with E-state index in [1.54, 1.807) is 6.92 Å². The molecule has 0 radical (unpaired) electrons. The van der Waals surface area contributed by atoms with Crippen LogP contribution in [0.25, 0.3) is 0 Å². The fraction of sp³-hybridized carbons (Fsp3) is 0.417. The molecule has 1 rings (SSSR count). The van der Waals surface area contributed by atoms with Gasteiger partial charge >= 0.3 is 12.1 Å². The monoisotopic (exact) mass is 339 g/mol. The number of aliphatic carboxylic acids is 1. The molecular weight excluding hydrogens is 327 g/mol. The third-order valence-corrected chi connectivity index (χ3v) is 3.19. The smallest absolute Gasteiger partial charge is 0.416 e. The fourth-order valence-electron chi connectivity index (χ4n) is 1.55. The fourth-order valence-corrected chi connectivity index (χ4v) is 1.91. The van der Waals surface area contributed by atoms with Gasteiger partial charge in [0.15, 0.2) is 0 Å². The third-order valence-electron chi connectivity index (χ3n) is 2.50. The lowest BCUT2D eigenvalue weighted by Gasteiger charge is -2.17. The molecule has 0 aromatic heterocycles. The van der Waals surface area contributed by atoms with Crippen molar-refractivity contribution in [3.8, 4) is 0 Å². The van der Waals surface area contributed by atoms with Gasteiger partial charge in [0.2, 0.25) is 0 Å². The molecule has 0 aliphatic heterocycles. The van der Waals surface area contributed by atoms with Gasteiger partial charge < -0.3 is 10.4 Å². The first-order valence-electron chi connectivity index (χ1n) is 5.61. The molecule has 7 heteroatoms. The zero-order valence-electron chi connectivity index (χ0n) is 10.1. The predicted molar refractivity (Wildman–Crippen MR) is 69.1 cm³/mol. The van der Waals surface area contributed by atoms with Crippen molar-refractivity contribution in [2.45, 2.75) is 32.0 Å². The van der Waals surface area contributed by atoms with Gasteiger partial charge in [0.05, 0.1) is 5.56 Å². The highest BCUT2D eigenvalue weighted by Crippen LogP contribution is 2.34. The van der Waals surface area contributed by atoms with Crippen LogP contribution in [0, 0.1) is 0 Å². The van der Waals surface area contributed by atoms with Gasteiger partial charge in [0.1, 0.15) is 6.04 Å². The van der Waals surface area contributed by atoms with Crippen molar-refractivity contribution < 1.29 is 23.1 Å². The van der Waals surface area contributed by atoms with Crippen molar-refractivity contribution in [3.05, 3.63) is 28.2 Å². The zero-order valence-corrected chi connectivity index (χ0v) is 11.7. The number of hydrogen-bond donors (Lipinski definition) is 2. The maximum Gasteiger partial charge on any atom is 0.416 e. The molecule has 1 aromatic rings. The Morgan fingerprint density at radius 2 is 2.11 bits per heavy atom. The van der Waals surface area contributed by atoms with Gasteiger partial charge in [0, 0.05) is 10.2 Å². The number of carbonyl (C=O) groups is 1. The molecule has 3 nitrogen and oxygen atoms in total. The largest absolute Gasteiger partial charge is 0.480 e. The van der Waals surface area contributed by atoms with Gasteiger partial charge in [-0.1, -0.05) is 13.3 Å². The lowest BCUT2D eigenvalue weighted by Crippen LogP contribution is -2.29. The molecule has 0 saturated carbocycles. The topological polar surface area (TPSA) is 49.3 Å². The number of carboxylic acid groups (broad SMARTS) is 1. The third kappa shape index (κ3) is 4.41. The van der Waals surface area contributed by atoms with Crippen molar-refractivity contribution in [3.63, 3.8) is 0 Å². The molecule has 1 atom stereocenters. The van der Waals surface area contributed by atoms with Crippen LogP contribution in [0.15, 0.2) is 22.7 Å². The van der Waals surface area contributed by atoms with Crippen LogP contribution >= 0.6 is 15.9 Å². The molecule has 0 aliphatic rings. The lowest BCUT2D eigenvalue weighted by atomic mass is 10.1. The Hall–Kier alpha value is -1.24. The molecule has 0 spiro atoms. The Balaban J connectivity index is 3.02. The molecule has 1 aromatic carbocycles. The molecule has 106 valence electrons. The van der Waals surface area contributed by atoms with Crippen molar-refractivity contribution in [2.75, 3.05) is 5.32 Å². The Labute approximate surface area is 116 Å². The lowest BCUT2D eigenvalue weighted by molar-refractivity contribution is -0.138. The van der Waals surface area contributed by atoms with E-state index in [-0.39, 0.29) is 5.69 Å². The molecule has 0 amide bonds. The predicted octanol–water partition coefficient (Wildman–Crippen LogP) is 4.13. The molecule has 0 bridgehead atoms. The molecule has 19 heavy (non-hydrogen) atoms. The van der Waals surface area contributed by atoms with Gasteiger partial charge in [-0.3, -0.25) is 0 Å². The van der Waals surface area contributed by atoms with Crippen LogP contribution in [-0.4, -0.2) is 17.1 Å². The number of hydrogen-bond acceptors (Lipinski definition) is 2. The van der Waals surface area contributed by atoms with E-state index in [1.807, 2.05) is 0 Å². The van der Waals surface area contributed by atoms with Crippen molar-refractivity contribution in [2.24, 2.45) is 0 Å². The number of alkyl halides is 3. The van der Waals surface area contributed by atoms with E-state index in [9.17, 15) is 18.0 Å². The van der Waals surface area contributed by atoms with E-state index < -0.39 is 23.8 Å². The minimum atomic E-state index is -4.46. The minimum absolute atomic E-state index is 0.121. The number of benzene rings is 1. The molecule has 0 heterocycles. The number of nitrogens with one attached hydrogen (secondary N) is 1. The quantitative estimate of drug-likeness (QED) is 0.847. The summed E-state index contributed by atoms with van der Waals surface area (Å²) in [4.78, 5) is 11.0. The summed E-state index contributed by atoms with van der Waals surface area (Å²) in [6, 6.07) is 2.17. The zero-order chi connectivity index (χ0) is 14.6. The summed E-state index contributed by atoms with van der Waals surface area (Å²) in [5.74, 6) is -1.09. The number of anilines is 1. The van der Waals surface area contributed by atoms with Gasteiger partial charge in [-0.15, -0.1) is 0 Å². The van der Waals surface area contributed by atoms with Gasteiger partial charge in [-0.2, -0.15) is 13.2 Å². The Morgan fingerprint density at radius 1 is 1.47 bits per heavy atom. The van der Waals surface area contributed by atoms with Gasteiger partial charge in [0.25, 0.3) is 0 Å². The molecule has 0 saturated heterocycles. The van der Waals surface area contributed by atoms with Crippen LogP contribution in [0.5, 0.6) is 0 Å². The molecular formula is C12H13BrF3NO2. The average molecular weight is 340 g/mol. The standard InChI is InChI=1S/C12H13BrF3NO2/c1-2-3-9(11(18)19)17-10-6-7(12(14,15)16)4-5-8(10)13/h4-6,9,17H,2-3H2,1H3,(H,18,19). The average Bonchev–Trinajstić information content (AvgIpc) is 2.29. The maximum atomic E-state index is 12.6. The van der Waals surface area contributed by atoms with Crippen LogP contribution in [0.2, 0.25) is 0 Å². The Kier molecular flexibility index (Phi) is 5.22. The Morgan fingerprint density at radius 3 is 2.58 bits per heavy atom. The Bertz CT molecular complexity index is 463. The van der Waals surface area contributed by atoms with Crippen LogP contribution < -0.4 is 5.32 Å². The van der Waals surface area contributed by atoms with E-state index >= 15 is 0 Å². The van der Waals surface area contributed by atoms with Crippen LogP contribution in [-0.2, 0) is 11.0 Å². The van der Waals surface area contributed by atoms with Crippen LogP contribution in [0.1, 0.15) is 25.3 Å². The first-order chi connectivity index (χ1) is 8.75. The number of carboxylic acids is 1. The van der Waals surface area contributed by atoms with E-state index in [0.717, 1.165) is 12.1 Å². The number of rotatable bonds is 5. The first-order valence-corrected chi connectivity index (χ1v) is 6.41. The first kappa shape index (κ1) is 15.8. The van der Waals surface area contributed by atoms with Crippen molar-refractivity contribution in [1.29, 1.82) is 0 Å².